The number of benzene rings is 2. The zero-order valence-electron chi connectivity index (χ0n) is 19.5. The van der Waals surface area contributed by atoms with Gasteiger partial charge in [-0.1, -0.05) is 96.9 Å². The Morgan fingerprint density at radius 2 is 1.40 bits per heavy atom. The molecule has 0 saturated carbocycles. The lowest BCUT2D eigenvalue weighted by molar-refractivity contribution is 0.825. The van der Waals surface area contributed by atoms with Crippen LogP contribution in [-0.4, -0.2) is 8.07 Å². The molecule has 2 atom stereocenters. The molecule has 0 fully saturated rings. The van der Waals surface area contributed by atoms with Gasteiger partial charge in [0.15, 0.2) is 0 Å². The normalized spacial score (nSPS) is 21.1. The van der Waals surface area contributed by atoms with Gasteiger partial charge in [0.05, 0.1) is 0 Å². The minimum Gasteiger partial charge on any atom is -0.0755 e. The number of hydrogen-bond acceptors (Lipinski definition) is 0. The van der Waals surface area contributed by atoms with Crippen molar-refractivity contribution < 1.29 is 0 Å². The van der Waals surface area contributed by atoms with Gasteiger partial charge in [-0.2, -0.15) is 0 Å². The molecule has 0 aromatic heterocycles. The summed E-state index contributed by atoms with van der Waals surface area (Å²) in [7, 11) is -1.99. The maximum atomic E-state index is 2.68. The first-order valence-corrected chi connectivity index (χ1v) is 14.3. The Hall–Kier alpha value is -2.12. The molecule has 0 heterocycles. The zero-order chi connectivity index (χ0) is 21.5. The number of unbranched alkanes of at least 4 members (excludes halogenated alkanes) is 1. The van der Waals surface area contributed by atoms with E-state index in [1.165, 1.54) is 36.0 Å². The van der Waals surface area contributed by atoms with Crippen molar-refractivity contribution >= 4 is 18.8 Å². The molecule has 2 aromatic rings. The molecule has 4 rings (SSSR count). The van der Waals surface area contributed by atoms with Crippen molar-refractivity contribution in [2.75, 3.05) is 0 Å². The third kappa shape index (κ3) is 3.19. The first-order valence-electron chi connectivity index (χ1n) is 11.6. The summed E-state index contributed by atoms with van der Waals surface area (Å²) in [6, 6.07) is 20.7. The first kappa shape index (κ1) is 21.1. The van der Waals surface area contributed by atoms with Crippen LogP contribution < -0.4 is 5.19 Å². The van der Waals surface area contributed by atoms with Crippen molar-refractivity contribution in [3.8, 4) is 0 Å². The Labute approximate surface area is 184 Å². The summed E-state index contributed by atoms with van der Waals surface area (Å²) in [5.74, 6) is 0. The molecular weight excluding hydrogens is 376 g/mol. The van der Waals surface area contributed by atoms with Crippen LogP contribution in [0.3, 0.4) is 0 Å². The van der Waals surface area contributed by atoms with E-state index >= 15 is 0 Å². The molecule has 0 N–H and O–H groups in total. The predicted molar refractivity (Wildman–Crippen MR) is 135 cm³/mol. The van der Waals surface area contributed by atoms with Gasteiger partial charge in [0.25, 0.3) is 0 Å². The van der Waals surface area contributed by atoms with Gasteiger partial charge in [0.2, 0.25) is 0 Å². The number of hydrogen-bond donors (Lipinski definition) is 0. The molecule has 2 aliphatic rings. The van der Waals surface area contributed by atoms with Gasteiger partial charge < -0.3 is 0 Å². The maximum absolute atomic E-state index is 2.68. The second-order valence-corrected chi connectivity index (χ2v) is 13.9. The SMILES string of the molecule is CCCCC1=CC([Si](C)(c2ccccc2)C2C(C)=C(C)C(C)=C2C)c2ccccc21. The van der Waals surface area contributed by atoms with Gasteiger partial charge in [-0.3, -0.25) is 0 Å². The highest BCUT2D eigenvalue weighted by atomic mass is 28.3. The molecule has 0 aliphatic heterocycles. The largest absolute Gasteiger partial charge is 0.106 e. The lowest BCUT2D eigenvalue weighted by Gasteiger charge is -2.41. The number of rotatable bonds is 6. The van der Waals surface area contributed by atoms with Crippen molar-refractivity contribution in [2.24, 2.45) is 0 Å². The molecule has 0 saturated heterocycles. The first-order chi connectivity index (χ1) is 14.4. The molecule has 2 unspecified atom stereocenters. The Balaban J connectivity index is 1.94. The van der Waals surface area contributed by atoms with Crippen LogP contribution in [0, 0.1) is 0 Å². The van der Waals surface area contributed by atoms with Gasteiger partial charge in [0, 0.05) is 11.1 Å². The Kier molecular flexibility index (Phi) is 5.77. The molecule has 30 heavy (non-hydrogen) atoms. The average Bonchev–Trinajstić information content (AvgIpc) is 3.24. The summed E-state index contributed by atoms with van der Waals surface area (Å²) in [4.78, 5) is 0. The summed E-state index contributed by atoms with van der Waals surface area (Å²) in [6.45, 7) is 14.4. The quantitative estimate of drug-likeness (QED) is 0.422. The summed E-state index contributed by atoms with van der Waals surface area (Å²) in [5, 5.41) is 1.59. The van der Waals surface area contributed by atoms with Crippen molar-refractivity contribution in [1.29, 1.82) is 0 Å². The van der Waals surface area contributed by atoms with Gasteiger partial charge in [-0.25, -0.2) is 0 Å². The highest BCUT2D eigenvalue weighted by Gasteiger charge is 2.50. The molecular formula is C29H36Si. The van der Waals surface area contributed by atoms with Crippen LogP contribution in [0.4, 0.5) is 0 Å². The molecule has 2 aliphatic carbocycles. The van der Waals surface area contributed by atoms with E-state index in [4.69, 9.17) is 0 Å². The van der Waals surface area contributed by atoms with E-state index in [1.807, 2.05) is 0 Å². The van der Waals surface area contributed by atoms with Gasteiger partial charge in [0.1, 0.15) is 8.07 Å². The monoisotopic (exact) mass is 412 g/mol. The van der Waals surface area contributed by atoms with E-state index in [1.54, 1.807) is 27.5 Å². The van der Waals surface area contributed by atoms with Crippen LogP contribution in [0.25, 0.3) is 5.57 Å². The summed E-state index contributed by atoms with van der Waals surface area (Å²) < 4.78 is 0. The summed E-state index contributed by atoms with van der Waals surface area (Å²) in [6.07, 6.45) is 6.41. The smallest absolute Gasteiger partial charge is 0.0755 e. The minimum absolute atomic E-state index is 0.525. The van der Waals surface area contributed by atoms with Crippen molar-refractivity contribution in [2.45, 2.75) is 71.5 Å². The van der Waals surface area contributed by atoms with Crippen LogP contribution in [0.5, 0.6) is 0 Å². The highest BCUT2D eigenvalue weighted by Crippen LogP contribution is 2.54. The molecule has 156 valence electrons. The van der Waals surface area contributed by atoms with Gasteiger partial charge in [-0.05, 0) is 68.4 Å². The van der Waals surface area contributed by atoms with E-state index in [2.05, 4.69) is 102 Å². The fourth-order valence-electron chi connectivity index (χ4n) is 6.09. The molecule has 0 spiro atoms. The van der Waals surface area contributed by atoms with E-state index < -0.39 is 8.07 Å². The summed E-state index contributed by atoms with van der Waals surface area (Å²) >= 11 is 0. The van der Waals surface area contributed by atoms with E-state index in [0.29, 0.717) is 11.1 Å². The summed E-state index contributed by atoms with van der Waals surface area (Å²) in [5.41, 5.74) is 12.0. The molecule has 0 amide bonds. The van der Waals surface area contributed by atoms with Crippen LogP contribution in [0.2, 0.25) is 12.1 Å². The fraction of sp³-hybridized carbons (Fsp3) is 0.379. The van der Waals surface area contributed by atoms with Crippen molar-refractivity contribution in [1.82, 2.24) is 0 Å². The zero-order valence-corrected chi connectivity index (χ0v) is 20.5. The van der Waals surface area contributed by atoms with Gasteiger partial charge in [-0.15, -0.1) is 0 Å². The Morgan fingerprint density at radius 1 is 0.800 bits per heavy atom. The third-order valence-corrected chi connectivity index (χ3v) is 13.5. The van der Waals surface area contributed by atoms with E-state index in [-0.39, 0.29) is 0 Å². The molecule has 1 heteroatoms. The van der Waals surface area contributed by atoms with Crippen LogP contribution >= 0.6 is 0 Å². The average molecular weight is 413 g/mol. The lowest BCUT2D eigenvalue weighted by Crippen LogP contribution is -2.54. The van der Waals surface area contributed by atoms with Gasteiger partial charge >= 0.3 is 0 Å². The Morgan fingerprint density at radius 3 is 2.03 bits per heavy atom. The van der Waals surface area contributed by atoms with Crippen LogP contribution in [-0.2, 0) is 0 Å². The second kappa shape index (κ2) is 8.19. The molecule has 2 aromatic carbocycles. The third-order valence-electron chi connectivity index (χ3n) is 8.06. The predicted octanol–water partition coefficient (Wildman–Crippen LogP) is 7.94. The Bertz CT molecular complexity index is 1010. The number of allylic oxidation sites excluding steroid dienone is 6. The van der Waals surface area contributed by atoms with E-state index in [0.717, 1.165) is 0 Å². The number of fused-ring (bicyclic) bond motifs is 1. The topological polar surface area (TPSA) is 0 Å². The lowest BCUT2D eigenvalue weighted by atomic mass is 10.0. The maximum Gasteiger partial charge on any atom is 0.106 e. The molecule has 0 bridgehead atoms. The van der Waals surface area contributed by atoms with Crippen LogP contribution in [0.15, 0.2) is 83.0 Å². The van der Waals surface area contributed by atoms with E-state index in [9.17, 15) is 0 Å². The second-order valence-electron chi connectivity index (χ2n) is 9.56. The minimum atomic E-state index is -1.99. The van der Waals surface area contributed by atoms with Crippen molar-refractivity contribution in [3.63, 3.8) is 0 Å². The molecule has 0 nitrogen and oxygen atoms in total. The fourth-order valence-corrected chi connectivity index (χ4v) is 11.7. The van der Waals surface area contributed by atoms with Crippen molar-refractivity contribution in [3.05, 3.63) is 94.1 Å². The highest BCUT2D eigenvalue weighted by molar-refractivity contribution is 6.94. The standard InChI is InChI=1S/C29H36Si/c1-7-8-14-24-19-28(27-18-13-12-17-26(24)27)30(6,25-15-10-9-11-16-25)29-22(4)20(2)21(3)23(29)5/h9-13,15-19,28-29H,7-8,14H2,1-6H3. The molecule has 0 radical (unpaired) electrons. The van der Waals surface area contributed by atoms with Crippen LogP contribution in [0.1, 0.15) is 70.5 Å².